The number of hydrogen-bond acceptors (Lipinski definition) is 4. The number of esters is 1. The number of nitrogens with zero attached hydrogens (tertiary/aromatic N) is 1. The molecule has 0 aromatic heterocycles. The molecule has 7 heteroatoms. The van der Waals surface area contributed by atoms with Crippen LogP contribution in [-0.2, 0) is 14.8 Å². The summed E-state index contributed by atoms with van der Waals surface area (Å²) >= 11 is 3.28. The van der Waals surface area contributed by atoms with E-state index in [2.05, 4.69) is 20.7 Å². The van der Waals surface area contributed by atoms with Gasteiger partial charge in [-0.2, -0.15) is 0 Å². The first-order valence-corrected chi connectivity index (χ1v) is 7.74. The third kappa shape index (κ3) is 2.37. The topological polar surface area (TPSA) is 63.7 Å². The molecule has 1 fully saturated rings. The van der Waals surface area contributed by atoms with Gasteiger partial charge in [0.25, 0.3) is 0 Å². The van der Waals surface area contributed by atoms with Crippen molar-refractivity contribution in [2.75, 3.05) is 23.7 Å². The summed E-state index contributed by atoms with van der Waals surface area (Å²) in [6.45, 7) is 0.392. The van der Waals surface area contributed by atoms with Gasteiger partial charge in [-0.3, -0.25) is 4.31 Å². The molecule has 1 aromatic carbocycles. The fraction of sp³-hybridized carbons (Fsp3) is 0.364. The Bertz CT molecular complexity index is 585. The van der Waals surface area contributed by atoms with Gasteiger partial charge in [0.05, 0.1) is 24.1 Å². The van der Waals surface area contributed by atoms with Gasteiger partial charge in [-0.1, -0.05) is 15.9 Å². The van der Waals surface area contributed by atoms with Crippen molar-refractivity contribution in [3.05, 3.63) is 28.2 Å². The first-order valence-electron chi connectivity index (χ1n) is 5.34. The van der Waals surface area contributed by atoms with E-state index >= 15 is 0 Å². The molecule has 18 heavy (non-hydrogen) atoms. The Morgan fingerprint density at radius 3 is 2.72 bits per heavy atom. The van der Waals surface area contributed by atoms with Gasteiger partial charge in [-0.05, 0) is 24.6 Å². The number of anilines is 1. The van der Waals surface area contributed by atoms with Gasteiger partial charge >= 0.3 is 5.97 Å². The molecule has 1 aliphatic heterocycles. The zero-order chi connectivity index (χ0) is 13.3. The molecule has 0 unspecified atom stereocenters. The molecule has 1 heterocycles. The van der Waals surface area contributed by atoms with Gasteiger partial charge in [0.2, 0.25) is 10.0 Å². The van der Waals surface area contributed by atoms with Gasteiger partial charge in [-0.15, -0.1) is 0 Å². The summed E-state index contributed by atoms with van der Waals surface area (Å²) in [5.74, 6) is -0.431. The molecule has 5 nitrogen and oxygen atoms in total. The zero-order valence-corrected chi connectivity index (χ0v) is 12.1. The van der Waals surface area contributed by atoms with E-state index in [0.29, 0.717) is 23.1 Å². The monoisotopic (exact) mass is 333 g/mol. The molecular weight excluding hydrogens is 322 g/mol. The Hall–Kier alpha value is -1.08. The second kappa shape index (κ2) is 4.89. The second-order valence-corrected chi connectivity index (χ2v) is 6.82. The number of ether oxygens (including phenoxy) is 1. The average Bonchev–Trinajstić information content (AvgIpc) is 2.67. The number of benzene rings is 1. The van der Waals surface area contributed by atoms with E-state index in [0.717, 1.165) is 0 Å². The molecule has 0 bridgehead atoms. The fourth-order valence-corrected chi connectivity index (χ4v) is 3.83. The predicted molar refractivity (Wildman–Crippen MR) is 71.2 cm³/mol. The number of sulfonamides is 1. The summed E-state index contributed by atoms with van der Waals surface area (Å²) in [6.07, 6.45) is 0.565. The van der Waals surface area contributed by atoms with Crippen molar-refractivity contribution < 1.29 is 17.9 Å². The minimum atomic E-state index is -3.32. The minimum Gasteiger partial charge on any atom is -0.465 e. The van der Waals surface area contributed by atoms with E-state index in [1.165, 1.54) is 11.4 Å². The van der Waals surface area contributed by atoms with Crippen LogP contribution in [-0.4, -0.2) is 33.8 Å². The Kier molecular flexibility index (Phi) is 3.63. The predicted octanol–water partition coefficient (Wildman–Crippen LogP) is 1.78. The second-order valence-electron chi connectivity index (χ2n) is 3.89. The highest BCUT2D eigenvalue weighted by molar-refractivity contribution is 9.10. The first-order chi connectivity index (χ1) is 8.45. The Labute approximate surface area is 114 Å². The number of halogens is 1. The highest BCUT2D eigenvalue weighted by atomic mass is 79.9. The van der Waals surface area contributed by atoms with Crippen molar-refractivity contribution in [3.63, 3.8) is 0 Å². The van der Waals surface area contributed by atoms with Gasteiger partial charge in [0.15, 0.2) is 0 Å². The van der Waals surface area contributed by atoms with E-state index in [-0.39, 0.29) is 11.3 Å². The maximum atomic E-state index is 11.9. The molecule has 0 N–H and O–H groups in total. The number of methoxy groups -OCH3 is 1. The van der Waals surface area contributed by atoms with Crippen LogP contribution in [0.25, 0.3) is 0 Å². The molecule has 0 atom stereocenters. The lowest BCUT2D eigenvalue weighted by atomic mass is 10.2. The smallest absolute Gasteiger partial charge is 0.340 e. The summed E-state index contributed by atoms with van der Waals surface area (Å²) in [7, 11) is -2.05. The fourth-order valence-electron chi connectivity index (χ4n) is 1.90. The lowest BCUT2D eigenvalue weighted by Gasteiger charge is -2.19. The van der Waals surface area contributed by atoms with Crippen LogP contribution in [0.1, 0.15) is 16.8 Å². The Balaban J connectivity index is 2.55. The number of hydrogen-bond donors (Lipinski definition) is 0. The van der Waals surface area contributed by atoms with Crippen LogP contribution in [0.3, 0.4) is 0 Å². The molecule has 1 aliphatic rings. The molecule has 2 rings (SSSR count). The molecular formula is C11H12BrNO4S. The molecule has 0 spiro atoms. The third-order valence-corrected chi connectivity index (χ3v) is 5.08. The van der Waals surface area contributed by atoms with E-state index in [1.807, 2.05) is 0 Å². The van der Waals surface area contributed by atoms with Gasteiger partial charge < -0.3 is 4.74 Å². The zero-order valence-electron chi connectivity index (χ0n) is 9.72. The van der Waals surface area contributed by atoms with Crippen molar-refractivity contribution in [2.45, 2.75) is 6.42 Å². The van der Waals surface area contributed by atoms with Crippen LogP contribution in [0.15, 0.2) is 22.7 Å². The van der Waals surface area contributed by atoms with Crippen LogP contribution in [0.4, 0.5) is 5.69 Å². The number of carbonyl (C=O) groups excluding carboxylic acids is 1. The molecule has 0 radical (unpaired) electrons. The number of rotatable bonds is 2. The Morgan fingerprint density at radius 2 is 2.17 bits per heavy atom. The van der Waals surface area contributed by atoms with Crippen molar-refractivity contribution in [3.8, 4) is 0 Å². The normalized spacial score (nSPS) is 17.8. The van der Waals surface area contributed by atoms with Crippen LogP contribution in [0, 0.1) is 0 Å². The molecule has 0 amide bonds. The SMILES string of the molecule is COC(=O)c1ccc(Br)cc1N1CCCS1(=O)=O. The van der Waals surface area contributed by atoms with Crippen LogP contribution >= 0.6 is 15.9 Å². The van der Waals surface area contributed by atoms with Crippen LogP contribution in [0.5, 0.6) is 0 Å². The average molecular weight is 334 g/mol. The molecule has 1 saturated heterocycles. The molecule has 1 aromatic rings. The van der Waals surface area contributed by atoms with Crippen molar-refractivity contribution in [1.82, 2.24) is 0 Å². The van der Waals surface area contributed by atoms with E-state index in [4.69, 9.17) is 0 Å². The summed E-state index contributed by atoms with van der Waals surface area (Å²) in [5, 5.41) is 0. The van der Waals surface area contributed by atoms with Crippen molar-refractivity contribution >= 4 is 37.6 Å². The maximum absolute atomic E-state index is 11.9. The van der Waals surface area contributed by atoms with Gasteiger partial charge in [0.1, 0.15) is 0 Å². The number of carbonyl (C=O) groups is 1. The quantitative estimate of drug-likeness (QED) is 0.774. The highest BCUT2D eigenvalue weighted by Gasteiger charge is 2.31. The van der Waals surface area contributed by atoms with E-state index in [9.17, 15) is 13.2 Å². The third-order valence-electron chi connectivity index (χ3n) is 2.73. The van der Waals surface area contributed by atoms with Gasteiger partial charge in [0, 0.05) is 11.0 Å². The lowest BCUT2D eigenvalue weighted by molar-refractivity contribution is 0.0601. The lowest BCUT2D eigenvalue weighted by Crippen LogP contribution is -2.27. The molecule has 0 saturated carbocycles. The van der Waals surface area contributed by atoms with Crippen LogP contribution in [0.2, 0.25) is 0 Å². The summed E-state index contributed by atoms with van der Waals surface area (Å²) in [6, 6.07) is 4.85. The van der Waals surface area contributed by atoms with E-state index < -0.39 is 16.0 Å². The van der Waals surface area contributed by atoms with Crippen molar-refractivity contribution in [2.24, 2.45) is 0 Å². The summed E-state index contributed by atoms with van der Waals surface area (Å²) in [4.78, 5) is 11.7. The van der Waals surface area contributed by atoms with Crippen LogP contribution < -0.4 is 4.31 Å². The maximum Gasteiger partial charge on any atom is 0.340 e. The molecule has 98 valence electrons. The standard InChI is InChI=1S/C11H12BrNO4S/c1-17-11(14)9-4-3-8(12)7-10(9)13-5-2-6-18(13,15)16/h3-4,7H,2,5-6H2,1H3. The van der Waals surface area contributed by atoms with E-state index in [1.54, 1.807) is 18.2 Å². The Morgan fingerprint density at radius 1 is 1.44 bits per heavy atom. The minimum absolute atomic E-state index is 0.111. The summed E-state index contributed by atoms with van der Waals surface area (Å²) < 4.78 is 30.4. The largest absolute Gasteiger partial charge is 0.465 e. The first kappa shape index (κ1) is 13.4. The van der Waals surface area contributed by atoms with Crippen molar-refractivity contribution in [1.29, 1.82) is 0 Å². The highest BCUT2D eigenvalue weighted by Crippen LogP contribution is 2.30. The van der Waals surface area contributed by atoms with Gasteiger partial charge in [-0.25, -0.2) is 13.2 Å². The summed E-state index contributed by atoms with van der Waals surface area (Å²) in [5.41, 5.74) is 0.625. The molecule has 0 aliphatic carbocycles.